The molecule has 3 heterocycles. The lowest BCUT2D eigenvalue weighted by atomic mass is 10.1. The van der Waals surface area contributed by atoms with Gasteiger partial charge in [-0.3, -0.25) is 14.5 Å². The molecule has 8 heteroatoms. The van der Waals surface area contributed by atoms with E-state index in [-0.39, 0.29) is 17.8 Å². The highest BCUT2D eigenvalue weighted by Gasteiger charge is 2.34. The van der Waals surface area contributed by atoms with Gasteiger partial charge >= 0.3 is 0 Å². The molecule has 8 nitrogen and oxygen atoms in total. The molecule has 0 saturated carbocycles. The zero-order chi connectivity index (χ0) is 18.8. The number of carbonyl (C=O) groups is 2. The molecule has 0 bridgehead atoms. The number of nitrogens with zero attached hydrogens (tertiary/aromatic N) is 5. The molecular weight excluding hydrogens is 344 g/mol. The lowest BCUT2D eigenvalue weighted by Gasteiger charge is -2.13. The summed E-state index contributed by atoms with van der Waals surface area (Å²) in [6.45, 7) is 1.15. The van der Waals surface area contributed by atoms with E-state index in [0.717, 1.165) is 25.1 Å². The first kappa shape index (κ1) is 16.9. The number of fused-ring (bicyclic) bond motifs is 1. The fourth-order valence-corrected chi connectivity index (χ4v) is 3.14. The van der Waals surface area contributed by atoms with Gasteiger partial charge in [-0.2, -0.15) is 0 Å². The lowest BCUT2D eigenvalue weighted by molar-refractivity contribution is 0.0651. The Morgan fingerprint density at radius 2 is 1.59 bits per heavy atom. The van der Waals surface area contributed by atoms with Crippen molar-refractivity contribution in [2.45, 2.75) is 19.4 Å². The number of carbonyl (C=O) groups excluding carboxylic acids is 2. The first-order valence-corrected chi connectivity index (χ1v) is 8.69. The third-order valence-electron chi connectivity index (χ3n) is 4.50. The molecule has 27 heavy (non-hydrogen) atoms. The number of aromatic nitrogens is 4. The summed E-state index contributed by atoms with van der Waals surface area (Å²) in [5.41, 5.74) is 7.98. The summed E-state index contributed by atoms with van der Waals surface area (Å²) < 4.78 is 1.95. The summed E-state index contributed by atoms with van der Waals surface area (Å²) in [5, 5.41) is 0. The second-order valence-electron chi connectivity index (χ2n) is 6.31. The maximum Gasteiger partial charge on any atom is 0.261 e. The molecule has 136 valence electrons. The van der Waals surface area contributed by atoms with E-state index in [1.165, 1.54) is 4.90 Å². The Labute approximate surface area is 155 Å². The lowest BCUT2D eigenvalue weighted by Crippen LogP contribution is -2.30. The molecule has 2 N–H and O–H groups in total. The molecule has 0 fully saturated rings. The van der Waals surface area contributed by atoms with Crippen molar-refractivity contribution in [1.82, 2.24) is 24.4 Å². The highest BCUT2D eigenvalue weighted by molar-refractivity contribution is 6.21. The van der Waals surface area contributed by atoms with Crippen molar-refractivity contribution in [2.75, 3.05) is 12.3 Å². The molecular formula is C19H18N6O2. The van der Waals surface area contributed by atoms with Crippen LogP contribution in [-0.2, 0) is 6.54 Å². The molecule has 0 radical (unpaired) electrons. The minimum atomic E-state index is -0.207. The number of aryl methyl sites for hydroxylation is 1. The second-order valence-corrected chi connectivity index (χ2v) is 6.31. The van der Waals surface area contributed by atoms with Gasteiger partial charge in [-0.1, -0.05) is 12.1 Å². The largest absolute Gasteiger partial charge is 0.368 e. The van der Waals surface area contributed by atoms with Gasteiger partial charge in [0.25, 0.3) is 11.8 Å². The van der Waals surface area contributed by atoms with Crippen LogP contribution < -0.4 is 5.73 Å². The fourth-order valence-electron chi connectivity index (χ4n) is 3.14. The molecule has 1 aliphatic rings. The smallest absolute Gasteiger partial charge is 0.261 e. The number of nitrogens with two attached hydrogens (primary N) is 1. The number of imide groups is 1. The number of hydrogen-bond donors (Lipinski definition) is 1. The molecule has 0 aliphatic carbocycles. The fraction of sp³-hybridized carbons (Fsp3) is 0.211. The molecule has 0 saturated heterocycles. The highest BCUT2D eigenvalue weighted by Crippen LogP contribution is 2.22. The Morgan fingerprint density at radius 3 is 2.30 bits per heavy atom. The molecule has 0 spiro atoms. The van der Waals surface area contributed by atoms with Crippen LogP contribution in [0.15, 0.2) is 49.1 Å². The number of anilines is 1. The summed E-state index contributed by atoms with van der Waals surface area (Å²) >= 11 is 0. The van der Waals surface area contributed by atoms with Gasteiger partial charge in [0.2, 0.25) is 5.95 Å². The Balaban J connectivity index is 1.31. The van der Waals surface area contributed by atoms with Crippen LogP contribution in [0.25, 0.3) is 11.4 Å². The maximum atomic E-state index is 12.3. The Kier molecular flexibility index (Phi) is 4.37. The van der Waals surface area contributed by atoms with Crippen LogP contribution in [0, 0.1) is 0 Å². The first-order valence-electron chi connectivity index (χ1n) is 8.69. The predicted molar refractivity (Wildman–Crippen MR) is 98.7 cm³/mol. The summed E-state index contributed by atoms with van der Waals surface area (Å²) in [6.07, 6.45) is 6.76. The number of amides is 2. The summed E-state index contributed by atoms with van der Waals surface area (Å²) in [5.74, 6) is -0.202. The van der Waals surface area contributed by atoms with E-state index in [1.807, 2.05) is 10.8 Å². The number of hydrogen-bond acceptors (Lipinski definition) is 6. The molecule has 3 aromatic rings. The predicted octanol–water partition coefficient (Wildman–Crippen LogP) is 2.00. The molecule has 0 atom stereocenters. The maximum absolute atomic E-state index is 12.3. The van der Waals surface area contributed by atoms with Crippen LogP contribution >= 0.6 is 0 Å². The van der Waals surface area contributed by atoms with E-state index in [9.17, 15) is 9.59 Å². The minimum absolute atomic E-state index is 0.207. The number of rotatable bonds is 6. The van der Waals surface area contributed by atoms with E-state index in [2.05, 4.69) is 15.0 Å². The second kappa shape index (κ2) is 6.99. The summed E-state index contributed by atoms with van der Waals surface area (Å²) in [6, 6.07) is 8.70. The molecule has 2 aromatic heterocycles. The van der Waals surface area contributed by atoms with Crippen molar-refractivity contribution in [3.05, 3.63) is 60.2 Å². The van der Waals surface area contributed by atoms with E-state index in [1.54, 1.807) is 42.9 Å². The average Bonchev–Trinajstić information content (AvgIpc) is 3.24. The van der Waals surface area contributed by atoms with Gasteiger partial charge in [0, 0.05) is 25.5 Å². The highest BCUT2D eigenvalue weighted by atomic mass is 16.2. The van der Waals surface area contributed by atoms with Crippen molar-refractivity contribution < 1.29 is 9.59 Å². The van der Waals surface area contributed by atoms with Crippen LogP contribution in [0.4, 0.5) is 5.95 Å². The van der Waals surface area contributed by atoms with Crippen molar-refractivity contribution in [1.29, 1.82) is 0 Å². The van der Waals surface area contributed by atoms with Crippen LogP contribution in [0.3, 0.4) is 0 Å². The normalized spacial score (nSPS) is 13.3. The van der Waals surface area contributed by atoms with E-state index in [0.29, 0.717) is 23.4 Å². The van der Waals surface area contributed by atoms with Crippen molar-refractivity contribution in [2.24, 2.45) is 0 Å². The SMILES string of the molecule is Nc1nccc(-c2cn(CCCCN3C(=O)c4ccccc4C3=O)cn2)n1. The van der Waals surface area contributed by atoms with Crippen LogP contribution in [0.2, 0.25) is 0 Å². The zero-order valence-corrected chi connectivity index (χ0v) is 14.6. The molecule has 1 aromatic carbocycles. The molecule has 1 aliphatic heterocycles. The van der Waals surface area contributed by atoms with E-state index in [4.69, 9.17) is 5.73 Å². The van der Waals surface area contributed by atoms with Gasteiger partial charge in [-0.25, -0.2) is 15.0 Å². The summed E-state index contributed by atoms with van der Waals surface area (Å²) in [7, 11) is 0. The number of benzene rings is 1. The summed E-state index contributed by atoms with van der Waals surface area (Å²) in [4.78, 5) is 38.3. The van der Waals surface area contributed by atoms with Gasteiger partial charge < -0.3 is 10.3 Å². The Bertz CT molecular complexity index is 978. The number of unbranched alkanes of at least 4 members (excludes halogenated alkanes) is 1. The molecule has 2 amide bonds. The third kappa shape index (κ3) is 3.29. The first-order chi connectivity index (χ1) is 13.1. The third-order valence-corrected chi connectivity index (χ3v) is 4.50. The number of nitrogen functional groups attached to an aromatic ring is 1. The van der Waals surface area contributed by atoms with Gasteiger partial charge in [-0.15, -0.1) is 0 Å². The molecule has 4 rings (SSSR count). The minimum Gasteiger partial charge on any atom is -0.368 e. The van der Waals surface area contributed by atoms with Crippen molar-refractivity contribution >= 4 is 17.8 Å². The van der Waals surface area contributed by atoms with Crippen molar-refractivity contribution in [3.63, 3.8) is 0 Å². The van der Waals surface area contributed by atoms with Crippen molar-refractivity contribution in [3.8, 4) is 11.4 Å². The van der Waals surface area contributed by atoms with Gasteiger partial charge in [0.1, 0.15) is 5.69 Å². The van der Waals surface area contributed by atoms with Gasteiger partial charge in [0.15, 0.2) is 0 Å². The zero-order valence-electron chi connectivity index (χ0n) is 14.6. The monoisotopic (exact) mass is 362 g/mol. The van der Waals surface area contributed by atoms with Crippen LogP contribution in [0.5, 0.6) is 0 Å². The Morgan fingerprint density at radius 1 is 0.889 bits per heavy atom. The van der Waals surface area contributed by atoms with Crippen LogP contribution in [-0.4, -0.2) is 42.8 Å². The van der Waals surface area contributed by atoms with Gasteiger partial charge in [-0.05, 0) is 31.0 Å². The quantitative estimate of drug-likeness (QED) is 0.531. The van der Waals surface area contributed by atoms with E-state index < -0.39 is 0 Å². The number of imidazole rings is 1. The van der Waals surface area contributed by atoms with Crippen LogP contribution in [0.1, 0.15) is 33.6 Å². The topological polar surface area (TPSA) is 107 Å². The standard InChI is InChI=1S/C19H18N6O2/c20-19-21-8-7-15(23-19)16-11-24(12-22-16)9-3-4-10-25-17(26)13-5-1-2-6-14(13)18(25)27/h1-2,5-8,11-12H,3-4,9-10H2,(H2,20,21,23). The Hall–Kier alpha value is -3.55. The average molecular weight is 362 g/mol. The molecule has 0 unspecified atom stereocenters. The van der Waals surface area contributed by atoms with Gasteiger partial charge in [0.05, 0.1) is 23.1 Å². The van der Waals surface area contributed by atoms with E-state index >= 15 is 0 Å².